The van der Waals surface area contributed by atoms with Crippen LogP contribution in [0.3, 0.4) is 0 Å². The van der Waals surface area contributed by atoms with Crippen molar-refractivity contribution in [3.05, 3.63) is 0 Å². The van der Waals surface area contributed by atoms with Gasteiger partial charge in [-0.2, -0.15) is 0 Å². The summed E-state index contributed by atoms with van der Waals surface area (Å²) in [5.74, 6) is 0. The second-order valence-electron chi connectivity index (χ2n) is 3.37. The Morgan fingerprint density at radius 1 is 1.44 bits per heavy atom. The predicted molar refractivity (Wildman–Crippen MR) is 43.1 cm³/mol. The van der Waals surface area contributed by atoms with Crippen molar-refractivity contribution in [2.24, 2.45) is 5.41 Å². The molecule has 1 aliphatic rings. The van der Waals surface area contributed by atoms with Gasteiger partial charge in [0.05, 0.1) is 0 Å². The van der Waals surface area contributed by atoms with Crippen LogP contribution in [-0.2, 0) is 0 Å². The molecule has 9 heavy (non-hydrogen) atoms. The van der Waals surface area contributed by atoms with Gasteiger partial charge in [-0.05, 0) is 25.3 Å². The van der Waals surface area contributed by atoms with Crippen LogP contribution in [-0.4, -0.2) is 13.1 Å². The lowest BCUT2D eigenvalue weighted by molar-refractivity contribution is 0.117. The molecule has 1 atom stereocenters. The lowest BCUT2D eigenvalue weighted by Crippen LogP contribution is -2.48. The van der Waals surface area contributed by atoms with Crippen molar-refractivity contribution in [2.45, 2.75) is 32.7 Å². The van der Waals surface area contributed by atoms with Crippen LogP contribution in [0.2, 0.25) is 0 Å². The summed E-state index contributed by atoms with van der Waals surface area (Å²) in [5, 5.41) is 3.29. The van der Waals surface area contributed by atoms with E-state index in [2.05, 4.69) is 19.2 Å². The van der Waals surface area contributed by atoms with Gasteiger partial charge in [0.2, 0.25) is 0 Å². The minimum Gasteiger partial charge on any atom is -0.316 e. The van der Waals surface area contributed by atoms with Gasteiger partial charge in [-0.15, -0.1) is 12.4 Å². The van der Waals surface area contributed by atoms with Gasteiger partial charge in [-0.3, -0.25) is 0 Å². The molecule has 2 heteroatoms. The highest BCUT2D eigenvalue weighted by Gasteiger charge is 2.36. The minimum atomic E-state index is 0. The molecule has 0 spiro atoms. The Hall–Kier alpha value is 0.250. The van der Waals surface area contributed by atoms with Crippen molar-refractivity contribution in [1.82, 2.24) is 5.32 Å². The molecule has 0 saturated heterocycles. The average Bonchev–Trinajstić information content (AvgIpc) is 1.66. The van der Waals surface area contributed by atoms with E-state index in [4.69, 9.17) is 0 Å². The van der Waals surface area contributed by atoms with E-state index >= 15 is 0 Å². The van der Waals surface area contributed by atoms with Crippen molar-refractivity contribution in [3.8, 4) is 0 Å². The zero-order valence-electron chi connectivity index (χ0n) is 6.40. The monoisotopic (exact) mass is 149 g/mol. The fourth-order valence-corrected chi connectivity index (χ4v) is 1.40. The van der Waals surface area contributed by atoms with Crippen LogP contribution in [0.5, 0.6) is 0 Å². The van der Waals surface area contributed by atoms with Gasteiger partial charge >= 0.3 is 0 Å². The molecule has 0 aromatic rings. The van der Waals surface area contributed by atoms with Crippen molar-refractivity contribution in [2.75, 3.05) is 7.05 Å². The highest BCUT2D eigenvalue weighted by molar-refractivity contribution is 5.85. The predicted octanol–water partition coefficient (Wildman–Crippen LogP) is 1.82. The SMILES string of the molecule is CN[C@H]1CCC1(C)C.Cl. The second-order valence-corrected chi connectivity index (χ2v) is 3.37. The molecule has 1 aliphatic carbocycles. The molecule has 0 amide bonds. The lowest BCUT2D eigenvalue weighted by Gasteiger charge is -2.44. The van der Waals surface area contributed by atoms with E-state index < -0.39 is 0 Å². The third-order valence-electron chi connectivity index (χ3n) is 2.37. The summed E-state index contributed by atoms with van der Waals surface area (Å²) < 4.78 is 0. The van der Waals surface area contributed by atoms with Gasteiger partial charge in [-0.25, -0.2) is 0 Å². The smallest absolute Gasteiger partial charge is 0.0115 e. The molecule has 1 fully saturated rings. The Bertz CT molecular complexity index is 88.9. The highest BCUT2D eigenvalue weighted by atomic mass is 35.5. The quantitative estimate of drug-likeness (QED) is 0.600. The van der Waals surface area contributed by atoms with Crippen molar-refractivity contribution >= 4 is 12.4 Å². The fraction of sp³-hybridized carbons (Fsp3) is 1.00. The van der Waals surface area contributed by atoms with Crippen molar-refractivity contribution in [1.29, 1.82) is 0 Å². The average molecular weight is 150 g/mol. The molecule has 0 aromatic carbocycles. The molecular weight excluding hydrogens is 134 g/mol. The van der Waals surface area contributed by atoms with Crippen LogP contribution in [0.25, 0.3) is 0 Å². The van der Waals surface area contributed by atoms with Crippen LogP contribution >= 0.6 is 12.4 Å². The van der Waals surface area contributed by atoms with Gasteiger partial charge in [0, 0.05) is 6.04 Å². The van der Waals surface area contributed by atoms with Gasteiger partial charge in [0.1, 0.15) is 0 Å². The van der Waals surface area contributed by atoms with Crippen LogP contribution in [0.1, 0.15) is 26.7 Å². The highest BCUT2D eigenvalue weighted by Crippen LogP contribution is 2.39. The zero-order valence-corrected chi connectivity index (χ0v) is 7.22. The molecule has 1 rings (SSSR count). The molecular formula is C7H16ClN. The molecule has 1 nitrogen and oxygen atoms in total. The maximum atomic E-state index is 3.29. The molecule has 1 saturated carbocycles. The van der Waals surface area contributed by atoms with Crippen molar-refractivity contribution < 1.29 is 0 Å². The maximum absolute atomic E-state index is 3.29. The molecule has 56 valence electrons. The Morgan fingerprint density at radius 2 is 2.00 bits per heavy atom. The minimum absolute atomic E-state index is 0. The van der Waals surface area contributed by atoms with E-state index in [1.54, 1.807) is 0 Å². The topological polar surface area (TPSA) is 12.0 Å². The summed E-state index contributed by atoms with van der Waals surface area (Å²) in [7, 11) is 2.05. The van der Waals surface area contributed by atoms with Crippen LogP contribution in [0, 0.1) is 5.41 Å². The molecule has 0 aliphatic heterocycles. The molecule has 0 bridgehead atoms. The van der Waals surface area contributed by atoms with Gasteiger partial charge < -0.3 is 5.32 Å². The van der Waals surface area contributed by atoms with Crippen molar-refractivity contribution in [3.63, 3.8) is 0 Å². The van der Waals surface area contributed by atoms with E-state index in [0.717, 1.165) is 6.04 Å². The summed E-state index contributed by atoms with van der Waals surface area (Å²) in [5.41, 5.74) is 0.578. The largest absolute Gasteiger partial charge is 0.316 e. The first-order valence-corrected chi connectivity index (χ1v) is 3.34. The molecule has 1 N–H and O–H groups in total. The first-order valence-electron chi connectivity index (χ1n) is 3.34. The summed E-state index contributed by atoms with van der Waals surface area (Å²) >= 11 is 0. The van der Waals surface area contributed by atoms with E-state index in [1.165, 1.54) is 12.8 Å². The van der Waals surface area contributed by atoms with Crippen LogP contribution in [0.4, 0.5) is 0 Å². The van der Waals surface area contributed by atoms with E-state index in [1.807, 2.05) is 7.05 Å². The van der Waals surface area contributed by atoms with E-state index in [-0.39, 0.29) is 12.4 Å². The normalized spacial score (nSPS) is 30.3. The number of rotatable bonds is 1. The number of hydrogen-bond donors (Lipinski definition) is 1. The Morgan fingerprint density at radius 3 is 2.00 bits per heavy atom. The van der Waals surface area contributed by atoms with Crippen LogP contribution < -0.4 is 5.32 Å². The standard InChI is InChI=1S/C7H15N.ClH/c1-7(2)5-4-6(7)8-3;/h6,8H,4-5H2,1-3H3;1H/t6-;/m0./s1. The Balaban J connectivity index is 0.000000640. The molecule has 0 radical (unpaired) electrons. The van der Waals surface area contributed by atoms with Gasteiger partial charge in [-0.1, -0.05) is 13.8 Å². The molecule has 0 heterocycles. The maximum Gasteiger partial charge on any atom is 0.0115 e. The fourth-order valence-electron chi connectivity index (χ4n) is 1.40. The number of halogens is 1. The first kappa shape index (κ1) is 9.25. The number of hydrogen-bond acceptors (Lipinski definition) is 1. The van der Waals surface area contributed by atoms with Crippen LogP contribution in [0.15, 0.2) is 0 Å². The lowest BCUT2D eigenvalue weighted by atomic mass is 9.67. The second kappa shape index (κ2) is 2.89. The van der Waals surface area contributed by atoms with E-state index in [0.29, 0.717) is 5.41 Å². The molecule has 0 unspecified atom stereocenters. The molecule has 0 aromatic heterocycles. The Kier molecular flexibility index (Phi) is 2.97. The Labute approximate surface area is 63.6 Å². The van der Waals surface area contributed by atoms with Gasteiger partial charge in [0.15, 0.2) is 0 Å². The zero-order chi connectivity index (χ0) is 6.20. The van der Waals surface area contributed by atoms with E-state index in [9.17, 15) is 0 Å². The first-order chi connectivity index (χ1) is 3.67. The summed E-state index contributed by atoms with van der Waals surface area (Å²) in [6, 6.07) is 0.780. The summed E-state index contributed by atoms with van der Waals surface area (Å²) in [6.45, 7) is 4.63. The number of nitrogens with one attached hydrogen (secondary N) is 1. The summed E-state index contributed by atoms with van der Waals surface area (Å²) in [4.78, 5) is 0. The summed E-state index contributed by atoms with van der Waals surface area (Å²) in [6.07, 6.45) is 2.75. The third kappa shape index (κ3) is 1.59. The third-order valence-corrected chi connectivity index (χ3v) is 2.37. The van der Waals surface area contributed by atoms with Gasteiger partial charge in [0.25, 0.3) is 0 Å².